The summed E-state index contributed by atoms with van der Waals surface area (Å²) in [5.41, 5.74) is 6.43. The van der Waals surface area contributed by atoms with Crippen molar-refractivity contribution in [2.24, 2.45) is 0 Å². The van der Waals surface area contributed by atoms with E-state index in [-0.39, 0.29) is 18.1 Å². The van der Waals surface area contributed by atoms with Crippen molar-refractivity contribution >= 4 is 11.5 Å². The number of aromatic nitrogens is 2. The highest BCUT2D eigenvalue weighted by Crippen LogP contribution is 2.31. The molecule has 0 spiro atoms. The zero-order valence-corrected chi connectivity index (χ0v) is 15.6. The summed E-state index contributed by atoms with van der Waals surface area (Å²) in [6, 6.07) is 8.42. The van der Waals surface area contributed by atoms with Crippen LogP contribution in [0.15, 0.2) is 30.3 Å². The van der Waals surface area contributed by atoms with Gasteiger partial charge in [-0.15, -0.1) is 0 Å². The summed E-state index contributed by atoms with van der Waals surface area (Å²) in [6.45, 7) is 7.53. The molecular formula is C21H25N3O2. The smallest absolute Gasteiger partial charge is 0.274 e. The predicted octanol–water partition coefficient (Wildman–Crippen LogP) is 3.67. The van der Waals surface area contributed by atoms with E-state index >= 15 is 0 Å². The van der Waals surface area contributed by atoms with Gasteiger partial charge < -0.3 is 9.64 Å². The largest absolute Gasteiger partial charge is 0.369 e. The molecule has 1 aromatic heterocycles. The zero-order chi connectivity index (χ0) is 18.3. The third-order valence-corrected chi connectivity index (χ3v) is 5.42. The molecule has 0 saturated heterocycles. The lowest BCUT2D eigenvalue weighted by Crippen LogP contribution is -2.36. The number of nitrogens with one attached hydrogen (secondary N) is 1. The summed E-state index contributed by atoms with van der Waals surface area (Å²) in [4.78, 5) is 14.9. The standard InChI is InChI=1S/C21H25N3O2/c1-13-6-4-5-7-17(13)16-8-10-24(11-9-16)21(25)20-18-12-14(2)26-15(3)19(18)22-23-20/h4-8,14-15H,9-12H2,1-3H3,(H,22,23)/t14-,15+/m1/s1. The second-order valence-electron chi connectivity index (χ2n) is 7.30. The highest BCUT2D eigenvalue weighted by Gasteiger charge is 2.31. The van der Waals surface area contributed by atoms with Gasteiger partial charge in [0, 0.05) is 25.1 Å². The average molecular weight is 351 g/mol. The lowest BCUT2D eigenvalue weighted by molar-refractivity contribution is -0.00701. The molecule has 0 fully saturated rings. The van der Waals surface area contributed by atoms with Crippen LogP contribution in [0.5, 0.6) is 0 Å². The van der Waals surface area contributed by atoms with Crippen molar-refractivity contribution in [1.29, 1.82) is 0 Å². The van der Waals surface area contributed by atoms with Crippen LogP contribution in [0.25, 0.3) is 5.57 Å². The normalized spacial score (nSPS) is 22.7. The molecule has 5 nitrogen and oxygen atoms in total. The number of aryl methyl sites for hydroxylation is 1. The predicted molar refractivity (Wildman–Crippen MR) is 101 cm³/mol. The molecule has 0 aliphatic carbocycles. The third-order valence-electron chi connectivity index (χ3n) is 5.42. The first kappa shape index (κ1) is 17.0. The molecule has 1 aromatic carbocycles. The van der Waals surface area contributed by atoms with Crippen molar-refractivity contribution in [3.05, 3.63) is 58.4 Å². The number of fused-ring (bicyclic) bond motifs is 1. The molecule has 2 aliphatic rings. The van der Waals surface area contributed by atoms with Crippen LogP contribution in [0.2, 0.25) is 0 Å². The van der Waals surface area contributed by atoms with Crippen LogP contribution in [0, 0.1) is 6.92 Å². The topological polar surface area (TPSA) is 58.2 Å². The van der Waals surface area contributed by atoms with Crippen LogP contribution in [-0.2, 0) is 11.2 Å². The molecule has 3 heterocycles. The second kappa shape index (κ2) is 6.72. The fraction of sp³-hybridized carbons (Fsp3) is 0.429. The molecule has 0 unspecified atom stereocenters. The maximum absolute atomic E-state index is 13.0. The van der Waals surface area contributed by atoms with Gasteiger partial charge in [0.15, 0.2) is 5.69 Å². The minimum Gasteiger partial charge on any atom is -0.369 e. The van der Waals surface area contributed by atoms with Gasteiger partial charge in [0.05, 0.1) is 17.9 Å². The highest BCUT2D eigenvalue weighted by atomic mass is 16.5. The monoisotopic (exact) mass is 351 g/mol. The van der Waals surface area contributed by atoms with Gasteiger partial charge in [0.2, 0.25) is 0 Å². The first-order chi connectivity index (χ1) is 12.5. The molecule has 1 amide bonds. The van der Waals surface area contributed by atoms with Crippen LogP contribution < -0.4 is 0 Å². The number of rotatable bonds is 2. The van der Waals surface area contributed by atoms with Gasteiger partial charge in [-0.2, -0.15) is 5.10 Å². The Balaban J connectivity index is 1.54. The summed E-state index contributed by atoms with van der Waals surface area (Å²) in [5.74, 6) is 0.0175. The SMILES string of the molecule is Cc1ccccc1C1=CCN(C(=O)c2n[nH]c3c2C[C@@H](C)O[C@H]3C)CC1. The van der Waals surface area contributed by atoms with E-state index in [0.29, 0.717) is 12.2 Å². The number of hydrogen-bond acceptors (Lipinski definition) is 3. The second-order valence-corrected chi connectivity index (χ2v) is 7.30. The number of hydrogen-bond donors (Lipinski definition) is 1. The lowest BCUT2D eigenvalue weighted by atomic mass is 9.95. The molecule has 4 rings (SSSR count). The third kappa shape index (κ3) is 2.97. The molecule has 0 bridgehead atoms. The van der Waals surface area contributed by atoms with Gasteiger partial charge >= 0.3 is 0 Å². The summed E-state index contributed by atoms with van der Waals surface area (Å²) in [6.07, 6.45) is 3.85. The molecule has 0 saturated carbocycles. The van der Waals surface area contributed by atoms with E-state index < -0.39 is 0 Å². The molecular weight excluding hydrogens is 326 g/mol. The zero-order valence-electron chi connectivity index (χ0n) is 15.6. The average Bonchev–Trinajstić information content (AvgIpc) is 3.06. The van der Waals surface area contributed by atoms with Crippen molar-refractivity contribution in [2.45, 2.75) is 45.8 Å². The number of aromatic amines is 1. The number of benzene rings is 1. The minimum absolute atomic E-state index is 0.0175. The number of carbonyl (C=O) groups is 1. The summed E-state index contributed by atoms with van der Waals surface area (Å²) in [7, 11) is 0. The van der Waals surface area contributed by atoms with E-state index in [2.05, 4.69) is 47.5 Å². The Hall–Kier alpha value is -2.40. The van der Waals surface area contributed by atoms with Crippen LogP contribution in [0.1, 0.15) is 59.2 Å². The minimum atomic E-state index is -0.0447. The Morgan fingerprint density at radius 3 is 2.85 bits per heavy atom. The van der Waals surface area contributed by atoms with E-state index in [0.717, 1.165) is 30.6 Å². The number of amides is 1. The number of H-pyrrole nitrogens is 1. The van der Waals surface area contributed by atoms with E-state index in [4.69, 9.17) is 4.74 Å². The molecule has 136 valence electrons. The number of nitrogens with zero attached hydrogens (tertiary/aromatic N) is 2. The highest BCUT2D eigenvalue weighted by molar-refractivity contribution is 5.94. The van der Waals surface area contributed by atoms with Crippen LogP contribution >= 0.6 is 0 Å². The van der Waals surface area contributed by atoms with Crippen molar-refractivity contribution < 1.29 is 9.53 Å². The van der Waals surface area contributed by atoms with Gasteiger partial charge in [-0.25, -0.2) is 0 Å². The Kier molecular flexibility index (Phi) is 4.41. The van der Waals surface area contributed by atoms with Crippen molar-refractivity contribution in [2.75, 3.05) is 13.1 Å². The van der Waals surface area contributed by atoms with Gasteiger partial charge in [0.25, 0.3) is 5.91 Å². The van der Waals surface area contributed by atoms with Crippen molar-refractivity contribution in [1.82, 2.24) is 15.1 Å². The molecule has 2 atom stereocenters. The number of carbonyl (C=O) groups excluding carboxylic acids is 1. The number of ether oxygens (including phenoxy) is 1. The maximum Gasteiger partial charge on any atom is 0.274 e. The van der Waals surface area contributed by atoms with Crippen molar-refractivity contribution in [3.8, 4) is 0 Å². The fourth-order valence-electron chi connectivity index (χ4n) is 4.03. The van der Waals surface area contributed by atoms with Crippen LogP contribution in [-0.4, -0.2) is 40.2 Å². The summed E-state index contributed by atoms with van der Waals surface area (Å²) >= 11 is 0. The Labute approximate surface area is 154 Å². The van der Waals surface area contributed by atoms with E-state index in [1.807, 2.05) is 18.7 Å². The quantitative estimate of drug-likeness (QED) is 0.898. The molecule has 5 heteroatoms. The molecule has 2 aromatic rings. The molecule has 1 N–H and O–H groups in total. The van der Waals surface area contributed by atoms with Crippen molar-refractivity contribution in [3.63, 3.8) is 0 Å². The van der Waals surface area contributed by atoms with Gasteiger partial charge in [-0.3, -0.25) is 9.89 Å². The molecule has 0 radical (unpaired) electrons. The fourth-order valence-corrected chi connectivity index (χ4v) is 4.03. The first-order valence-corrected chi connectivity index (χ1v) is 9.31. The van der Waals surface area contributed by atoms with Gasteiger partial charge in [0.1, 0.15) is 0 Å². The Morgan fingerprint density at radius 1 is 1.31 bits per heavy atom. The molecule has 26 heavy (non-hydrogen) atoms. The van der Waals surface area contributed by atoms with Gasteiger partial charge in [-0.05, 0) is 43.9 Å². The Bertz CT molecular complexity index is 868. The van der Waals surface area contributed by atoms with E-state index in [1.165, 1.54) is 16.7 Å². The maximum atomic E-state index is 13.0. The summed E-state index contributed by atoms with van der Waals surface area (Å²) in [5, 5.41) is 7.35. The lowest BCUT2D eigenvalue weighted by Gasteiger charge is -2.28. The Morgan fingerprint density at radius 2 is 2.12 bits per heavy atom. The first-order valence-electron chi connectivity index (χ1n) is 9.31. The van der Waals surface area contributed by atoms with E-state index in [9.17, 15) is 4.79 Å². The van der Waals surface area contributed by atoms with Crippen LogP contribution in [0.3, 0.4) is 0 Å². The van der Waals surface area contributed by atoms with Gasteiger partial charge in [-0.1, -0.05) is 30.3 Å². The van der Waals surface area contributed by atoms with E-state index in [1.54, 1.807) is 0 Å². The molecule has 2 aliphatic heterocycles. The van der Waals surface area contributed by atoms with Crippen LogP contribution in [0.4, 0.5) is 0 Å². The summed E-state index contributed by atoms with van der Waals surface area (Å²) < 4.78 is 5.82.